The molecule has 1 aromatic carbocycles. The third kappa shape index (κ3) is 5.13. The second-order valence-electron chi connectivity index (χ2n) is 7.64. The third-order valence-electron chi connectivity index (χ3n) is 4.93. The molecule has 156 valence electrons. The normalized spacial score (nSPS) is 12.0. The minimum absolute atomic E-state index is 0.118. The first-order chi connectivity index (χ1) is 13.5. The first kappa shape index (κ1) is 22.4. The van der Waals surface area contributed by atoms with Crippen LogP contribution in [0, 0.1) is 20.8 Å². The number of ether oxygens (including phenoxy) is 2. The smallest absolute Gasteiger partial charge is 0.344 e. The highest BCUT2D eigenvalue weighted by Crippen LogP contribution is 2.24. The minimum Gasteiger partial charge on any atom is -0.482 e. The number of rotatable bonds is 8. The Hall–Kier alpha value is -2.89. The van der Waals surface area contributed by atoms with Gasteiger partial charge in [-0.25, -0.2) is 4.79 Å². The number of nitrogens with one attached hydrogen (secondary N) is 1. The lowest BCUT2D eigenvalue weighted by molar-refractivity contribution is -0.148. The first-order valence-corrected chi connectivity index (χ1v) is 9.70. The number of ketones is 2. The van der Waals surface area contributed by atoms with Crippen LogP contribution >= 0.6 is 0 Å². The average Bonchev–Trinajstić information content (AvgIpc) is 2.93. The maximum atomic E-state index is 12.6. The van der Waals surface area contributed by atoms with Crippen molar-refractivity contribution >= 4 is 17.5 Å². The van der Waals surface area contributed by atoms with Crippen molar-refractivity contribution in [2.75, 3.05) is 6.61 Å². The van der Waals surface area contributed by atoms with Gasteiger partial charge in [-0.3, -0.25) is 9.59 Å². The number of aromatic nitrogens is 1. The Morgan fingerprint density at radius 1 is 1.07 bits per heavy atom. The lowest BCUT2D eigenvalue weighted by atomic mass is 9.98. The second-order valence-corrected chi connectivity index (χ2v) is 7.64. The highest BCUT2D eigenvalue weighted by molar-refractivity contribution is 6.05. The molecule has 6 nitrogen and oxygen atoms in total. The Labute approximate surface area is 171 Å². The number of aromatic amines is 1. The van der Waals surface area contributed by atoms with Gasteiger partial charge in [0.05, 0.1) is 5.69 Å². The highest BCUT2D eigenvalue weighted by atomic mass is 16.6. The number of aryl methyl sites for hydroxylation is 2. The second kappa shape index (κ2) is 9.07. The minimum atomic E-state index is -0.993. The van der Waals surface area contributed by atoms with Gasteiger partial charge in [0.15, 0.2) is 18.5 Å². The standard InChI is InChI=1S/C23H29NO5/c1-12(2)19-9-8-18(10-13(19)3)28-11-20(26)29-17(7)23(27)22-14(4)21(16(6)25)15(5)24-22/h8-10,12,17,24H,11H2,1-7H3/t17-/m1/s1. The summed E-state index contributed by atoms with van der Waals surface area (Å²) >= 11 is 0. The van der Waals surface area contributed by atoms with E-state index in [1.54, 1.807) is 13.8 Å². The van der Waals surface area contributed by atoms with Crippen molar-refractivity contribution in [3.63, 3.8) is 0 Å². The third-order valence-corrected chi connectivity index (χ3v) is 4.93. The van der Waals surface area contributed by atoms with Crippen molar-refractivity contribution < 1.29 is 23.9 Å². The molecule has 2 rings (SSSR count). The predicted molar refractivity (Wildman–Crippen MR) is 111 cm³/mol. The van der Waals surface area contributed by atoms with Gasteiger partial charge in [0.2, 0.25) is 5.78 Å². The molecule has 0 bridgehead atoms. The lowest BCUT2D eigenvalue weighted by Gasteiger charge is -2.14. The van der Waals surface area contributed by atoms with Crippen molar-refractivity contribution in [1.82, 2.24) is 4.98 Å². The summed E-state index contributed by atoms with van der Waals surface area (Å²) in [6.07, 6.45) is -0.993. The summed E-state index contributed by atoms with van der Waals surface area (Å²) in [6.45, 7) is 12.3. The zero-order chi connectivity index (χ0) is 21.9. The van der Waals surface area contributed by atoms with E-state index >= 15 is 0 Å². The summed E-state index contributed by atoms with van der Waals surface area (Å²) in [5.74, 6) is -0.158. The van der Waals surface area contributed by atoms with E-state index in [0.29, 0.717) is 28.5 Å². The Morgan fingerprint density at radius 3 is 2.24 bits per heavy atom. The van der Waals surface area contributed by atoms with Gasteiger partial charge in [-0.1, -0.05) is 19.9 Å². The summed E-state index contributed by atoms with van der Waals surface area (Å²) in [6, 6.07) is 5.68. The molecule has 0 radical (unpaired) electrons. The maximum absolute atomic E-state index is 12.6. The molecule has 2 aromatic rings. The fourth-order valence-electron chi connectivity index (χ4n) is 3.54. The molecule has 0 spiro atoms. The molecular formula is C23H29NO5. The molecule has 0 aliphatic carbocycles. The van der Waals surface area contributed by atoms with Crippen molar-refractivity contribution in [3.05, 3.63) is 51.8 Å². The quantitative estimate of drug-likeness (QED) is 0.523. The summed E-state index contributed by atoms with van der Waals surface area (Å²) in [5, 5.41) is 0. The van der Waals surface area contributed by atoms with Gasteiger partial charge < -0.3 is 14.5 Å². The van der Waals surface area contributed by atoms with Gasteiger partial charge in [-0.05, 0) is 69.4 Å². The fourth-order valence-corrected chi connectivity index (χ4v) is 3.54. The number of carbonyl (C=O) groups excluding carboxylic acids is 3. The van der Waals surface area contributed by atoms with Crippen LogP contribution in [0.1, 0.15) is 76.8 Å². The molecule has 0 aliphatic rings. The molecule has 1 atom stereocenters. The number of hydrogen-bond donors (Lipinski definition) is 1. The number of Topliss-reactive ketones (excluding diaryl/α,β-unsaturated/α-hetero) is 2. The van der Waals surface area contributed by atoms with Gasteiger partial charge in [-0.15, -0.1) is 0 Å². The van der Waals surface area contributed by atoms with Gasteiger partial charge in [0, 0.05) is 11.3 Å². The molecule has 29 heavy (non-hydrogen) atoms. The van der Waals surface area contributed by atoms with Crippen LogP contribution < -0.4 is 4.74 Å². The van der Waals surface area contributed by atoms with Gasteiger partial charge >= 0.3 is 5.97 Å². The number of H-pyrrole nitrogens is 1. The molecular weight excluding hydrogens is 370 g/mol. The number of benzene rings is 1. The van der Waals surface area contributed by atoms with Crippen LogP contribution in [0.25, 0.3) is 0 Å². The van der Waals surface area contributed by atoms with E-state index in [0.717, 1.165) is 5.56 Å². The van der Waals surface area contributed by atoms with Gasteiger partial charge in [0.1, 0.15) is 5.75 Å². The summed E-state index contributed by atoms with van der Waals surface area (Å²) in [7, 11) is 0. The zero-order valence-electron chi connectivity index (χ0n) is 18.1. The fraction of sp³-hybridized carbons (Fsp3) is 0.435. The van der Waals surface area contributed by atoms with E-state index in [4.69, 9.17) is 9.47 Å². The molecule has 0 fully saturated rings. The van der Waals surface area contributed by atoms with Crippen LogP contribution in [0.2, 0.25) is 0 Å². The molecule has 0 saturated heterocycles. The molecule has 0 unspecified atom stereocenters. The molecule has 1 N–H and O–H groups in total. The number of esters is 1. The average molecular weight is 399 g/mol. The van der Waals surface area contributed by atoms with Crippen molar-refractivity contribution in [1.29, 1.82) is 0 Å². The summed E-state index contributed by atoms with van der Waals surface area (Å²) in [4.78, 5) is 39.4. The molecule has 6 heteroatoms. The molecule has 0 aliphatic heterocycles. The van der Waals surface area contributed by atoms with Crippen molar-refractivity contribution in [3.8, 4) is 5.75 Å². The van der Waals surface area contributed by atoms with Gasteiger partial charge in [-0.2, -0.15) is 0 Å². The van der Waals surface area contributed by atoms with Crippen molar-refractivity contribution in [2.24, 2.45) is 0 Å². The number of carbonyl (C=O) groups is 3. The van der Waals surface area contributed by atoms with E-state index < -0.39 is 12.1 Å². The Morgan fingerprint density at radius 2 is 1.72 bits per heavy atom. The van der Waals surface area contributed by atoms with Crippen molar-refractivity contribution in [2.45, 2.75) is 60.5 Å². The topological polar surface area (TPSA) is 85.5 Å². The van der Waals surface area contributed by atoms with E-state index in [9.17, 15) is 14.4 Å². The molecule has 1 aromatic heterocycles. The predicted octanol–water partition coefficient (Wildman–Crippen LogP) is 4.46. The van der Waals surface area contributed by atoms with E-state index in [2.05, 4.69) is 18.8 Å². The molecule has 0 saturated carbocycles. The SMILES string of the molecule is CC(=O)c1c(C)[nH]c(C(=O)[C@@H](C)OC(=O)COc2ccc(C(C)C)c(C)c2)c1C. The largest absolute Gasteiger partial charge is 0.482 e. The zero-order valence-corrected chi connectivity index (χ0v) is 18.1. The number of hydrogen-bond acceptors (Lipinski definition) is 5. The van der Waals surface area contributed by atoms with Crippen LogP contribution in [-0.4, -0.2) is 35.2 Å². The van der Waals surface area contributed by atoms with Crippen LogP contribution in [0.3, 0.4) is 0 Å². The maximum Gasteiger partial charge on any atom is 0.344 e. The van der Waals surface area contributed by atoms with E-state index in [1.807, 2.05) is 25.1 Å². The summed E-state index contributed by atoms with van der Waals surface area (Å²) in [5.41, 5.74) is 4.29. The van der Waals surface area contributed by atoms with Gasteiger partial charge in [0.25, 0.3) is 0 Å². The van der Waals surface area contributed by atoms with Crippen LogP contribution in [-0.2, 0) is 9.53 Å². The highest BCUT2D eigenvalue weighted by Gasteiger charge is 2.26. The molecule has 0 amide bonds. The molecule has 1 heterocycles. The van der Waals surface area contributed by atoms with Crippen LogP contribution in [0.4, 0.5) is 0 Å². The first-order valence-electron chi connectivity index (χ1n) is 9.70. The summed E-state index contributed by atoms with van der Waals surface area (Å²) < 4.78 is 10.7. The van der Waals surface area contributed by atoms with E-state index in [1.165, 1.54) is 19.4 Å². The monoisotopic (exact) mass is 399 g/mol. The Kier molecular flexibility index (Phi) is 7.01. The Balaban J connectivity index is 1.99. The lowest BCUT2D eigenvalue weighted by Crippen LogP contribution is -2.28. The Bertz CT molecular complexity index is 939. The van der Waals surface area contributed by atoms with Crippen LogP contribution in [0.5, 0.6) is 5.75 Å². The van der Waals surface area contributed by atoms with E-state index in [-0.39, 0.29) is 23.9 Å². The van der Waals surface area contributed by atoms with Crippen LogP contribution in [0.15, 0.2) is 18.2 Å².